The number of benzene rings is 2. The highest BCUT2D eigenvalue weighted by Gasteiger charge is 2.31. The van der Waals surface area contributed by atoms with Crippen LogP contribution in [0.4, 0.5) is 13.2 Å². The lowest BCUT2D eigenvalue weighted by molar-refractivity contribution is -0.274. The Morgan fingerprint density at radius 2 is 1.90 bits per heavy atom. The van der Waals surface area contributed by atoms with Crippen molar-refractivity contribution in [1.82, 2.24) is 25.4 Å². The molecule has 10 heteroatoms. The van der Waals surface area contributed by atoms with Crippen LogP contribution in [0.25, 0.3) is 0 Å². The van der Waals surface area contributed by atoms with Crippen molar-refractivity contribution in [1.29, 1.82) is 0 Å². The second-order valence-corrected chi connectivity index (χ2v) is 6.62. The quantitative estimate of drug-likeness (QED) is 0.421. The van der Waals surface area contributed by atoms with Gasteiger partial charge in [-0.15, -0.1) is 13.2 Å². The molecular formula is C21H23F3N6O. The molecule has 0 bridgehead atoms. The van der Waals surface area contributed by atoms with Gasteiger partial charge in [0.2, 0.25) is 0 Å². The minimum absolute atomic E-state index is 0.129. The SMILES string of the molecule is CCNC(=NCc1cccc(Cn2cncn2)c1)NCc1ccccc1OC(F)(F)F. The Kier molecular flexibility index (Phi) is 7.47. The van der Waals surface area contributed by atoms with Crippen LogP contribution in [0.15, 0.2) is 66.2 Å². The molecule has 0 aliphatic carbocycles. The number of aliphatic imine (C=N–C) groups is 1. The molecule has 0 fully saturated rings. The van der Waals surface area contributed by atoms with E-state index in [2.05, 4.69) is 30.4 Å². The standard InChI is InChI=1S/C21H23F3N6O/c1-2-26-20(28-12-18-8-3-4-9-19(18)31-21(22,23)24)27-11-16-6-5-7-17(10-16)13-30-15-25-14-29-30/h3-10,14-15H,2,11-13H2,1H3,(H2,26,27,28). The van der Waals surface area contributed by atoms with Gasteiger partial charge in [0.1, 0.15) is 18.4 Å². The van der Waals surface area contributed by atoms with Gasteiger partial charge in [-0.2, -0.15) is 5.10 Å². The largest absolute Gasteiger partial charge is 0.573 e. The van der Waals surface area contributed by atoms with Crippen LogP contribution in [-0.2, 0) is 19.6 Å². The minimum Gasteiger partial charge on any atom is -0.405 e. The van der Waals surface area contributed by atoms with Crippen molar-refractivity contribution in [2.24, 2.45) is 4.99 Å². The van der Waals surface area contributed by atoms with E-state index in [1.54, 1.807) is 23.1 Å². The zero-order chi connectivity index (χ0) is 22.1. The predicted molar refractivity (Wildman–Crippen MR) is 110 cm³/mol. The summed E-state index contributed by atoms with van der Waals surface area (Å²) in [4.78, 5) is 8.47. The Morgan fingerprint density at radius 3 is 2.65 bits per heavy atom. The zero-order valence-electron chi connectivity index (χ0n) is 16.9. The fraction of sp³-hybridized carbons (Fsp3) is 0.286. The van der Waals surface area contributed by atoms with Crippen LogP contribution in [0, 0.1) is 0 Å². The topological polar surface area (TPSA) is 76.4 Å². The number of para-hydroxylation sites is 1. The molecule has 164 valence electrons. The Labute approximate surface area is 178 Å². The Balaban J connectivity index is 1.65. The predicted octanol–water partition coefficient (Wildman–Crippen LogP) is 3.48. The molecule has 2 aromatic carbocycles. The number of nitrogens with one attached hydrogen (secondary N) is 2. The van der Waals surface area contributed by atoms with E-state index in [4.69, 9.17) is 0 Å². The number of alkyl halides is 3. The van der Waals surface area contributed by atoms with E-state index in [1.165, 1.54) is 18.5 Å². The number of halogens is 3. The van der Waals surface area contributed by atoms with Gasteiger partial charge in [-0.25, -0.2) is 14.7 Å². The van der Waals surface area contributed by atoms with Gasteiger partial charge in [-0.3, -0.25) is 0 Å². The van der Waals surface area contributed by atoms with Crippen molar-refractivity contribution in [2.75, 3.05) is 6.54 Å². The van der Waals surface area contributed by atoms with Gasteiger partial charge in [-0.1, -0.05) is 42.5 Å². The number of rotatable bonds is 8. The van der Waals surface area contributed by atoms with Crippen molar-refractivity contribution >= 4 is 5.96 Å². The summed E-state index contributed by atoms with van der Waals surface area (Å²) in [5.74, 6) is 0.255. The second-order valence-electron chi connectivity index (χ2n) is 6.62. The summed E-state index contributed by atoms with van der Waals surface area (Å²) in [5, 5.41) is 10.2. The Morgan fingerprint density at radius 1 is 1.10 bits per heavy atom. The van der Waals surface area contributed by atoms with E-state index >= 15 is 0 Å². The van der Waals surface area contributed by atoms with Crippen LogP contribution in [0.5, 0.6) is 5.75 Å². The fourth-order valence-corrected chi connectivity index (χ4v) is 2.89. The lowest BCUT2D eigenvalue weighted by Crippen LogP contribution is -2.37. The highest BCUT2D eigenvalue weighted by atomic mass is 19.4. The fourth-order valence-electron chi connectivity index (χ4n) is 2.89. The third-order valence-electron chi connectivity index (χ3n) is 4.21. The van der Waals surface area contributed by atoms with Crippen LogP contribution in [0.1, 0.15) is 23.6 Å². The third-order valence-corrected chi connectivity index (χ3v) is 4.21. The molecule has 1 heterocycles. The summed E-state index contributed by atoms with van der Waals surface area (Å²) >= 11 is 0. The lowest BCUT2D eigenvalue weighted by atomic mass is 10.1. The summed E-state index contributed by atoms with van der Waals surface area (Å²) in [6, 6.07) is 13.9. The molecule has 0 atom stereocenters. The van der Waals surface area contributed by atoms with Gasteiger partial charge in [0.15, 0.2) is 5.96 Å². The van der Waals surface area contributed by atoms with Gasteiger partial charge in [0.05, 0.1) is 13.1 Å². The first-order valence-electron chi connectivity index (χ1n) is 9.69. The molecule has 2 N–H and O–H groups in total. The molecule has 0 spiro atoms. The van der Waals surface area contributed by atoms with E-state index in [1.807, 2.05) is 31.2 Å². The molecule has 31 heavy (non-hydrogen) atoms. The van der Waals surface area contributed by atoms with Crippen LogP contribution < -0.4 is 15.4 Å². The number of nitrogens with zero attached hydrogens (tertiary/aromatic N) is 4. The molecule has 3 rings (SSSR count). The van der Waals surface area contributed by atoms with Crippen LogP contribution in [0.3, 0.4) is 0 Å². The Bertz CT molecular complexity index is 989. The van der Waals surface area contributed by atoms with E-state index in [0.29, 0.717) is 31.2 Å². The summed E-state index contributed by atoms with van der Waals surface area (Å²) in [6.07, 6.45) is -1.61. The highest BCUT2D eigenvalue weighted by Crippen LogP contribution is 2.26. The van der Waals surface area contributed by atoms with Gasteiger partial charge in [-0.05, 0) is 24.1 Å². The van der Waals surface area contributed by atoms with Gasteiger partial charge < -0.3 is 15.4 Å². The van der Waals surface area contributed by atoms with E-state index < -0.39 is 6.36 Å². The monoisotopic (exact) mass is 432 g/mol. The molecule has 0 saturated carbocycles. The van der Waals surface area contributed by atoms with Crippen LogP contribution in [0.2, 0.25) is 0 Å². The van der Waals surface area contributed by atoms with Crippen molar-refractivity contribution in [3.8, 4) is 5.75 Å². The highest BCUT2D eigenvalue weighted by molar-refractivity contribution is 5.79. The zero-order valence-corrected chi connectivity index (χ0v) is 16.9. The number of hydrogen-bond acceptors (Lipinski definition) is 4. The number of ether oxygens (including phenoxy) is 1. The normalized spacial score (nSPS) is 11.9. The number of aromatic nitrogens is 3. The Hall–Kier alpha value is -3.56. The first kappa shape index (κ1) is 22.1. The van der Waals surface area contributed by atoms with E-state index in [0.717, 1.165) is 11.1 Å². The van der Waals surface area contributed by atoms with Crippen molar-refractivity contribution in [2.45, 2.75) is 32.9 Å². The van der Waals surface area contributed by atoms with Gasteiger partial charge in [0.25, 0.3) is 0 Å². The molecule has 1 aromatic heterocycles. The molecule has 0 saturated heterocycles. The summed E-state index contributed by atoms with van der Waals surface area (Å²) in [7, 11) is 0. The average molecular weight is 432 g/mol. The first-order chi connectivity index (χ1) is 14.9. The molecule has 3 aromatic rings. The summed E-state index contributed by atoms with van der Waals surface area (Å²) in [5.41, 5.74) is 2.44. The van der Waals surface area contributed by atoms with Gasteiger partial charge in [0, 0.05) is 18.7 Å². The molecule has 0 aliphatic rings. The van der Waals surface area contributed by atoms with E-state index in [-0.39, 0.29) is 12.3 Å². The number of guanidine groups is 1. The first-order valence-corrected chi connectivity index (χ1v) is 9.69. The van der Waals surface area contributed by atoms with Crippen molar-refractivity contribution < 1.29 is 17.9 Å². The molecule has 0 radical (unpaired) electrons. The van der Waals surface area contributed by atoms with Crippen molar-refractivity contribution in [3.05, 3.63) is 77.9 Å². The third kappa shape index (κ3) is 7.32. The maximum absolute atomic E-state index is 12.6. The summed E-state index contributed by atoms with van der Waals surface area (Å²) in [6.45, 7) is 3.66. The minimum atomic E-state index is -4.74. The second kappa shape index (κ2) is 10.5. The summed E-state index contributed by atoms with van der Waals surface area (Å²) < 4.78 is 43.7. The lowest BCUT2D eigenvalue weighted by Gasteiger charge is -2.15. The smallest absolute Gasteiger partial charge is 0.405 e. The van der Waals surface area contributed by atoms with Crippen LogP contribution >= 0.6 is 0 Å². The molecule has 0 amide bonds. The van der Waals surface area contributed by atoms with E-state index in [9.17, 15) is 13.2 Å². The average Bonchev–Trinajstić information content (AvgIpc) is 3.23. The van der Waals surface area contributed by atoms with Gasteiger partial charge >= 0.3 is 6.36 Å². The number of hydrogen-bond donors (Lipinski definition) is 2. The maximum atomic E-state index is 12.6. The molecule has 7 nitrogen and oxygen atoms in total. The van der Waals surface area contributed by atoms with Crippen LogP contribution in [-0.4, -0.2) is 33.6 Å². The molecular weight excluding hydrogens is 409 g/mol. The molecule has 0 unspecified atom stereocenters. The molecule has 0 aliphatic heterocycles. The van der Waals surface area contributed by atoms with Crippen molar-refractivity contribution in [3.63, 3.8) is 0 Å². The maximum Gasteiger partial charge on any atom is 0.573 e.